The lowest BCUT2D eigenvalue weighted by molar-refractivity contribution is -0.00896. The highest BCUT2D eigenvalue weighted by atomic mass is 35.5. The fourth-order valence-corrected chi connectivity index (χ4v) is 3.64. The Balaban J connectivity index is 1.94. The third kappa shape index (κ3) is 2.55. The smallest absolute Gasteiger partial charge is 0.161 e. The molecule has 1 saturated carbocycles. The maximum atomic E-state index is 6.32. The van der Waals surface area contributed by atoms with Gasteiger partial charge < -0.3 is 15.1 Å². The van der Waals surface area contributed by atoms with E-state index in [0.29, 0.717) is 28.5 Å². The molecule has 7 heteroatoms. The Morgan fingerprint density at radius 1 is 1.30 bits per heavy atom. The highest BCUT2D eigenvalue weighted by molar-refractivity contribution is 6.37. The minimum atomic E-state index is 0.278. The molecule has 2 fully saturated rings. The van der Waals surface area contributed by atoms with Gasteiger partial charge in [-0.2, -0.15) is 0 Å². The van der Waals surface area contributed by atoms with Gasteiger partial charge >= 0.3 is 0 Å². The second-order valence-corrected chi connectivity index (χ2v) is 6.04. The molecule has 2 atom stereocenters. The molecule has 3 N–H and O–H groups in total. The molecule has 5 nitrogen and oxygen atoms in total. The van der Waals surface area contributed by atoms with Crippen molar-refractivity contribution in [3.63, 3.8) is 0 Å². The highest BCUT2D eigenvalue weighted by Crippen LogP contribution is 2.36. The highest BCUT2D eigenvalue weighted by Gasteiger charge is 2.35. The van der Waals surface area contributed by atoms with Crippen molar-refractivity contribution in [3.8, 4) is 0 Å². The zero-order valence-electron chi connectivity index (χ0n) is 11.1. The van der Waals surface area contributed by atoms with E-state index < -0.39 is 0 Å². The Hall–Kier alpha value is -0.750. The molecule has 1 aliphatic heterocycles. The standard InChI is InChI=1S/C13H18Cl2N4O/c14-8-7-9(15)13(17-12(8)18-16)19-5-6-20-11-4-2-1-3-10(11)19/h7,10-11H,1-6,16H2,(H,17,18). The van der Waals surface area contributed by atoms with Gasteiger partial charge in [-0.3, -0.25) is 0 Å². The van der Waals surface area contributed by atoms with Crippen LogP contribution < -0.4 is 16.2 Å². The first-order chi connectivity index (χ1) is 9.70. The molecule has 110 valence electrons. The molecule has 0 radical (unpaired) electrons. The van der Waals surface area contributed by atoms with Crippen molar-refractivity contribution < 1.29 is 4.74 Å². The number of rotatable bonds is 2. The summed E-state index contributed by atoms with van der Waals surface area (Å²) in [6.45, 7) is 1.49. The predicted molar refractivity (Wildman–Crippen MR) is 81.4 cm³/mol. The molecule has 1 aromatic heterocycles. The zero-order valence-corrected chi connectivity index (χ0v) is 12.6. The van der Waals surface area contributed by atoms with E-state index in [9.17, 15) is 0 Å². The average Bonchev–Trinajstić information content (AvgIpc) is 2.47. The second-order valence-electron chi connectivity index (χ2n) is 5.22. The van der Waals surface area contributed by atoms with E-state index in [4.69, 9.17) is 33.8 Å². The second kappa shape index (κ2) is 5.93. The van der Waals surface area contributed by atoms with Crippen LogP contribution in [0, 0.1) is 0 Å². The number of nitrogens with one attached hydrogen (secondary N) is 1. The largest absolute Gasteiger partial charge is 0.374 e. The minimum Gasteiger partial charge on any atom is -0.374 e. The van der Waals surface area contributed by atoms with Crippen molar-refractivity contribution in [2.24, 2.45) is 5.84 Å². The number of halogens is 2. The van der Waals surface area contributed by atoms with Crippen LogP contribution in [0.25, 0.3) is 0 Å². The van der Waals surface area contributed by atoms with E-state index >= 15 is 0 Å². The van der Waals surface area contributed by atoms with Gasteiger partial charge in [-0.15, -0.1) is 0 Å². The SMILES string of the molecule is NNc1nc(N2CCOC3CCCCC32)c(Cl)cc1Cl. The number of ether oxygens (including phenoxy) is 1. The number of nitrogens with two attached hydrogens (primary N) is 1. The molecular formula is C13H18Cl2N4O. The lowest BCUT2D eigenvalue weighted by Crippen LogP contribution is -2.53. The van der Waals surface area contributed by atoms with Crippen LogP contribution >= 0.6 is 23.2 Å². The molecular weight excluding hydrogens is 299 g/mol. The predicted octanol–water partition coefficient (Wildman–Crippen LogP) is 2.82. The van der Waals surface area contributed by atoms with E-state index in [2.05, 4.69) is 15.3 Å². The number of nitrogen functional groups attached to an aromatic ring is 1. The Kier molecular flexibility index (Phi) is 4.21. The summed E-state index contributed by atoms with van der Waals surface area (Å²) in [6.07, 6.45) is 4.94. The summed E-state index contributed by atoms with van der Waals surface area (Å²) in [5.74, 6) is 6.64. The van der Waals surface area contributed by atoms with Gasteiger partial charge in [0.05, 0.1) is 28.8 Å². The number of hydrogen-bond donors (Lipinski definition) is 2. The maximum Gasteiger partial charge on any atom is 0.161 e. The molecule has 1 aliphatic carbocycles. The average molecular weight is 317 g/mol. The van der Waals surface area contributed by atoms with E-state index in [1.54, 1.807) is 6.07 Å². The third-order valence-corrected chi connectivity index (χ3v) is 4.62. The Bertz CT molecular complexity index is 498. The van der Waals surface area contributed by atoms with E-state index in [1.165, 1.54) is 12.8 Å². The normalized spacial score (nSPS) is 26.2. The van der Waals surface area contributed by atoms with Crippen LogP contribution in [0.5, 0.6) is 0 Å². The maximum absolute atomic E-state index is 6.32. The summed E-state index contributed by atoms with van der Waals surface area (Å²) >= 11 is 12.4. The molecule has 2 aliphatic rings. The van der Waals surface area contributed by atoms with Gasteiger partial charge in [-0.25, -0.2) is 10.8 Å². The number of anilines is 2. The van der Waals surface area contributed by atoms with Crippen molar-refractivity contribution in [3.05, 3.63) is 16.1 Å². The van der Waals surface area contributed by atoms with Crippen LogP contribution in [0.4, 0.5) is 11.6 Å². The molecule has 0 amide bonds. The molecule has 0 spiro atoms. The number of morpholine rings is 1. The summed E-state index contributed by atoms with van der Waals surface area (Å²) in [5.41, 5.74) is 2.51. The lowest BCUT2D eigenvalue weighted by atomic mass is 9.90. The number of nitrogens with zero attached hydrogens (tertiary/aromatic N) is 2. The van der Waals surface area contributed by atoms with Gasteiger partial charge in [0.25, 0.3) is 0 Å². The van der Waals surface area contributed by atoms with Gasteiger partial charge in [0.15, 0.2) is 5.82 Å². The quantitative estimate of drug-likeness (QED) is 0.649. The van der Waals surface area contributed by atoms with Crippen LogP contribution in [0.1, 0.15) is 25.7 Å². The Morgan fingerprint density at radius 3 is 2.90 bits per heavy atom. The van der Waals surface area contributed by atoms with Crippen LogP contribution in [0.15, 0.2) is 6.07 Å². The van der Waals surface area contributed by atoms with Crippen molar-refractivity contribution in [2.45, 2.75) is 37.8 Å². The molecule has 1 saturated heterocycles. The van der Waals surface area contributed by atoms with Gasteiger partial charge in [-0.1, -0.05) is 36.0 Å². The lowest BCUT2D eigenvalue weighted by Gasteiger charge is -2.44. The van der Waals surface area contributed by atoms with Crippen LogP contribution in [0.2, 0.25) is 10.0 Å². The van der Waals surface area contributed by atoms with E-state index in [0.717, 1.165) is 25.2 Å². The summed E-state index contributed by atoms with van der Waals surface area (Å²) in [4.78, 5) is 6.72. The first-order valence-electron chi connectivity index (χ1n) is 6.91. The van der Waals surface area contributed by atoms with Crippen molar-refractivity contribution in [1.82, 2.24) is 4.98 Å². The van der Waals surface area contributed by atoms with Crippen LogP contribution in [0.3, 0.4) is 0 Å². The van der Waals surface area contributed by atoms with E-state index in [1.807, 2.05) is 0 Å². The summed E-state index contributed by atoms with van der Waals surface area (Å²) in [6, 6.07) is 2.03. The van der Waals surface area contributed by atoms with E-state index in [-0.39, 0.29) is 6.10 Å². The minimum absolute atomic E-state index is 0.278. The van der Waals surface area contributed by atoms with Crippen LogP contribution in [-0.4, -0.2) is 30.3 Å². The number of fused-ring (bicyclic) bond motifs is 1. The van der Waals surface area contributed by atoms with Gasteiger partial charge in [0.2, 0.25) is 0 Å². The monoisotopic (exact) mass is 316 g/mol. The Labute approximate surface area is 128 Å². The fourth-order valence-electron chi connectivity index (χ4n) is 3.12. The topological polar surface area (TPSA) is 63.4 Å². The van der Waals surface area contributed by atoms with Crippen molar-refractivity contribution in [1.29, 1.82) is 0 Å². The molecule has 3 rings (SSSR count). The third-order valence-electron chi connectivity index (χ3n) is 4.05. The Morgan fingerprint density at radius 2 is 2.10 bits per heavy atom. The van der Waals surface area contributed by atoms with Crippen molar-refractivity contribution in [2.75, 3.05) is 23.5 Å². The zero-order chi connectivity index (χ0) is 14.1. The molecule has 2 unspecified atom stereocenters. The number of hydrogen-bond acceptors (Lipinski definition) is 5. The molecule has 0 aromatic carbocycles. The summed E-state index contributed by atoms with van der Waals surface area (Å²) in [7, 11) is 0. The molecule has 20 heavy (non-hydrogen) atoms. The molecule has 2 heterocycles. The first kappa shape index (κ1) is 14.2. The molecule has 1 aromatic rings. The van der Waals surface area contributed by atoms with Gasteiger partial charge in [-0.05, 0) is 18.9 Å². The molecule has 0 bridgehead atoms. The fraction of sp³-hybridized carbons (Fsp3) is 0.615. The number of aromatic nitrogens is 1. The van der Waals surface area contributed by atoms with Crippen molar-refractivity contribution >= 4 is 34.8 Å². The number of pyridine rings is 1. The van der Waals surface area contributed by atoms with Gasteiger partial charge in [0.1, 0.15) is 5.82 Å². The summed E-state index contributed by atoms with van der Waals surface area (Å²) in [5, 5.41) is 0.981. The van der Waals surface area contributed by atoms with Gasteiger partial charge in [0, 0.05) is 6.54 Å². The van der Waals surface area contributed by atoms with Crippen LogP contribution in [-0.2, 0) is 4.74 Å². The summed E-state index contributed by atoms with van der Waals surface area (Å²) < 4.78 is 5.87. The first-order valence-corrected chi connectivity index (χ1v) is 7.67. The number of hydrazine groups is 1.